The first-order valence-electron chi connectivity index (χ1n) is 3.18. The van der Waals surface area contributed by atoms with Crippen LogP contribution in [-0.4, -0.2) is 22.5 Å². The second-order valence-corrected chi connectivity index (χ2v) is 2.28. The fraction of sp³-hybridized carbons (Fsp3) is 0.143. The molecule has 3 nitrogen and oxygen atoms in total. The highest BCUT2D eigenvalue weighted by Gasteiger charge is 2.39. The Morgan fingerprint density at radius 1 is 1.31 bits per heavy atom. The molecule has 1 aliphatic carbocycles. The molecule has 0 atom stereocenters. The summed E-state index contributed by atoms with van der Waals surface area (Å²) in [6, 6.07) is 0. The molecule has 68 valence electrons. The predicted molar refractivity (Wildman–Crippen MR) is 36.9 cm³/mol. The van der Waals surface area contributed by atoms with Crippen molar-refractivity contribution in [2.45, 2.75) is 6.18 Å². The molecule has 0 aromatic rings. The Hall–Kier alpha value is -1.68. The van der Waals surface area contributed by atoms with Gasteiger partial charge in [-0.3, -0.25) is 4.79 Å². The summed E-state index contributed by atoms with van der Waals surface area (Å²) in [5, 5.41) is 0. The van der Waals surface area contributed by atoms with Crippen LogP contribution in [0.4, 0.5) is 13.2 Å². The van der Waals surface area contributed by atoms with Crippen LogP contribution in [0.15, 0.2) is 23.8 Å². The van der Waals surface area contributed by atoms with E-state index in [4.69, 9.17) is 5.53 Å². The number of hydrogen-bond donors (Lipinski definition) is 0. The summed E-state index contributed by atoms with van der Waals surface area (Å²) in [6.07, 6.45) is -2.52. The minimum absolute atomic E-state index is 0.299. The zero-order valence-corrected chi connectivity index (χ0v) is 6.17. The van der Waals surface area contributed by atoms with Crippen molar-refractivity contribution < 1.29 is 22.8 Å². The van der Waals surface area contributed by atoms with Gasteiger partial charge in [0.25, 0.3) is 0 Å². The number of rotatable bonds is 0. The predicted octanol–water partition coefficient (Wildman–Crippen LogP) is 1.28. The van der Waals surface area contributed by atoms with Crippen molar-refractivity contribution in [1.29, 1.82) is 0 Å². The molecule has 0 amide bonds. The van der Waals surface area contributed by atoms with E-state index in [0.717, 1.165) is 6.08 Å². The first-order valence-corrected chi connectivity index (χ1v) is 3.18. The van der Waals surface area contributed by atoms with Crippen LogP contribution in [0.5, 0.6) is 0 Å². The first-order chi connectivity index (χ1) is 5.95. The van der Waals surface area contributed by atoms with E-state index in [2.05, 4.69) is 4.79 Å². The van der Waals surface area contributed by atoms with Crippen molar-refractivity contribution in [2.24, 2.45) is 0 Å². The summed E-state index contributed by atoms with van der Waals surface area (Å²) in [5.74, 6) is -1.14. The number of hydrogen-bond acceptors (Lipinski definition) is 1. The molecule has 0 unspecified atom stereocenters. The van der Waals surface area contributed by atoms with E-state index in [0.29, 0.717) is 12.2 Å². The lowest BCUT2D eigenvalue weighted by molar-refractivity contribution is -0.125. The molecule has 0 saturated heterocycles. The van der Waals surface area contributed by atoms with E-state index in [1.807, 2.05) is 0 Å². The maximum Gasteiger partial charge on any atom is 0.420 e. The number of nitrogens with zero attached hydrogens (tertiary/aromatic N) is 2. The van der Waals surface area contributed by atoms with Gasteiger partial charge < -0.3 is 5.53 Å². The lowest BCUT2D eigenvalue weighted by Gasteiger charge is -2.08. The van der Waals surface area contributed by atoms with Gasteiger partial charge in [0.05, 0.1) is 0 Å². The van der Waals surface area contributed by atoms with Gasteiger partial charge in [-0.05, 0) is 6.08 Å². The molecule has 13 heavy (non-hydrogen) atoms. The maximum absolute atomic E-state index is 12.0. The van der Waals surface area contributed by atoms with E-state index in [9.17, 15) is 18.0 Å². The van der Waals surface area contributed by atoms with Gasteiger partial charge in [0.15, 0.2) is 5.78 Å². The lowest BCUT2D eigenvalue weighted by atomic mass is 10.0. The fourth-order valence-corrected chi connectivity index (χ4v) is 0.802. The number of allylic oxidation sites excluding steroid dienone is 4. The van der Waals surface area contributed by atoms with Gasteiger partial charge in [-0.1, -0.05) is 0 Å². The third-order valence-electron chi connectivity index (χ3n) is 1.38. The number of carbonyl (C=O) groups is 1. The maximum atomic E-state index is 12.0. The second-order valence-electron chi connectivity index (χ2n) is 2.28. The smallest absolute Gasteiger partial charge is 0.361 e. The first kappa shape index (κ1) is 9.41. The molecular weight excluding hydrogens is 185 g/mol. The Morgan fingerprint density at radius 2 is 1.92 bits per heavy atom. The van der Waals surface area contributed by atoms with E-state index in [1.54, 1.807) is 0 Å². The molecule has 0 aromatic heterocycles. The van der Waals surface area contributed by atoms with E-state index in [1.165, 1.54) is 0 Å². The highest BCUT2D eigenvalue weighted by Crippen LogP contribution is 2.27. The summed E-state index contributed by atoms with van der Waals surface area (Å²) in [5.41, 5.74) is 6.54. The molecule has 1 rings (SSSR count). The molecule has 0 aromatic carbocycles. The SMILES string of the molecule is [N-]=[N+]=C1C=CC(=O)C(C(F)(F)F)=C1. The Labute approximate surface area is 70.8 Å². The standard InChI is InChI=1S/C7H3F3N2O/c8-7(9,10)5-3-4(12-11)1-2-6(5)13/h1-3H. The summed E-state index contributed by atoms with van der Waals surface area (Å²) in [7, 11) is 0. The van der Waals surface area contributed by atoms with Gasteiger partial charge in [0.2, 0.25) is 0 Å². The summed E-state index contributed by atoms with van der Waals surface area (Å²) in [6.45, 7) is 0. The van der Waals surface area contributed by atoms with Crippen LogP contribution in [0.2, 0.25) is 0 Å². The van der Waals surface area contributed by atoms with Crippen LogP contribution in [0.25, 0.3) is 5.53 Å². The average Bonchev–Trinajstić information content (AvgIpc) is 2.03. The van der Waals surface area contributed by atoms with Crippen LogP contribution in [0.3, 0.4) is 0 Å². The average molecular weight is 188 g/mol. The molecule has 0 bridgehead atoms. The lowest BCUT2D eigenvalue weighted by Crippen LogP contribution is -2.22. The topological polar surface area (TPSA) is 53.5 Å². The largest absolute Gasteiger partial charge is 0.420 e. The molecule has 0 N–H and O–H groups in total. The third kappa shape index (κ3) is 1.91. The minimum atomic E-state index is -4.71. The molecule has 1 aliphatic rings. The Balaban J connectivity index is 3.16. The molecule has 0 fully saturated rings. The van der Waals surface area contributed by atoms with Gasteiger partial charge in [-0.15, -0.1) is 0 Å². The Kier molecular flexibility index (Phi) is 2.16. The van der Waals surface area contributed by atoms with Gasteiger partial charge >= 0.3 is 11.9 Å². The van der Waals surface area contributed by atoms with Crippen molar-refractivity contribution in [1.82, 2.24) is 0 Å². The van der Waals surface area contributed by atoms with Gasteiger partial charge in [0.1, 0.15) is 5.57 Å². The van der Waals surface area contributed by atoms with E-state index < -0.39 is 17.5 Å². The van der Waals surface area contributed by atoms with Crippen LogP contribution < -0.4 is 0 Å². The van der Waals surface area contributed by atoms with E-state index >= 15 is 0 Å². The molecule has 6 heteroatoms. The molecule has 0 saturated carbocycles. The molecule has 0 radical (unpaired) electrons. The van der Waals surface area contributed by atoms with Crippen molar-refractivity contribution in [2.75, 3.05) is 0 Å². The monoisotopic (exact) mass is 188 g/mol. The zero-order valence-electron chi connectivity index (χ0n) is 6.17. The fourth-order valence-electron chi connectivity index (χ4n) is 0.802. The zero-order chi connectivity index (χ0) is 10.1. The second kappa shape index (κ2) is 2.99. The Morgan fingerprint density at radius 3 is 2.38 bits per heavy atom. The number of halogens is 3. The number of ketones is 1. The van der Waals surface area contributed by atoms with Crippen LogP contribution in [0.1, 0.15) is 0 Å². The van der Waals surface area contributed by atoms with Crippen molar-refractivity contribution in [3.63, 3.8) is 0 Å². The van der Waals surface area contributed by atoms with Crippen LogP contribution in [-0.2, 0) is 4.79 Å². The van der Waals surface area contributed by atoms with E-state index in [-0.39, 0.29) is 5.71 Å². The van der Waals surface area contributed by atoms with Crippen molar-refractivity contribution in [3.8, 4) is 0 Å². The van der Waals surface area contributed by atoms with Crippen molar-refractivity contribution in [3.05, 3.63) is 29.3 Å². The highest BCUT2D eigenvalue weighted by atomic mass is 19.4. The van der Waals surface area contributed by atoms with Gasteiger partial charge in [0, 0.05) is 12.2 Å². The molecule has 0 spiro atoms. The van der Waals surface area contributed by atoms with Crippen LogP contribution in [0, 0.1) is 0 Å². The minimum Gasteiger partial charge on any atom is -0.361 e. The van der Waals surface area contributed by atoms with Crippen molar-refractivity contribution >= 4 is 11.5 Å². The highest BCUT2D eigenvalue weighted by molar-refractivity contribution is 6.18. The summed E-state index contributed by atoms with van der Waals surface area (Å²) in [4.78, 5) is 13.2. The normalized spacial score (nSPS) is 17.0. The summed E-state index contributed by atoms with van der Waals surface area (Å²) < 4.78 is 36.1. The van der Waals surface area contributed by atoms with Gasteiger partial charge in [-0.25, -0.2) is 0 Å². The van der Waals surface area contributed by atoms with Crippen LogP contribution >= 0.6 is 0 Å². The molecule has 0 aliphatic heterocycles. The number of alkyl halides is 3. The third-order valence-corrected chi connectivity index (χ3v) is 1.38. The van der Waals surface area contributed by atoms with Gasteiger partial charge in [-0.2, -0.15) is 18.0 Å². The quantitative estimate of drug-likeness (QED) is 0.321. The number of carbonyl (C=O) groups excluding carboxylic acids is 1. The molecule has 0 heterocycles. The summed E-state index contributed by atoms with van der Waals surface area (Å²) >= 11 is 0. The molecular formula is C7H3F3N2O. The Bertz CT molecular complexity index is 358.